The van der Waals surface area contributed by atoms with E-state index < -0.39 is 0 Å². The van der Waals surface area contributed by atoms with Crippen molar-refractivity contribution in [3.8, 4) is 5.88 Å². The summed E-state index contributed by atoms with van der Waals surface area (Å²) in [6.07, 6.45) is 1.22. The van der Waals surface area contributed by atoms with Crippen LogP contribution in [0.5, 0.6) is 5.88 Å². The van der Waals surface area contributed by atoms with E-state index >= 15 is 0 Å². The fraction of sp³-hybridized carbons (Fsp3) is 0.556. The zero-order chi connectivity index (χ0) is 19.4. The molecule has 0 radical (unpaired) electrons. The molecule has 8 nitrogen and oxygen atoms in total. The van der Waals surface area contributed by atoms with Gasteiger partial charge in [-0.2, -0.15) is 0 Å². The Morgan fingerprint density at radius 1 is 1.23 bits per heavy atom. The maximum absolute atomic E-state index is 12.1. The van der Waals surface area contributed by atoms with Crippen molar-refractivity contribution in [2.45, 2.75) is 33.1 Å². The van der Waals surface area contributed by atoms with Crippen LogP contribution in [0.4, 0.5) is 0 Å². The van der Waals surface area contributed by atoms with E-state index in [0.29, 0.717) is 31.7 Å². The molecule has 0 aromatic carbocycles. The fourth-order valence-electron chi connectivity index (χ4n) is 2.97. The Hall–Kier alpha value is -2.64. The van der Waals surface area contributed by atoms with Crippen molar-refractivity contribution >= 4 is 22.8 Å². The van der Waals surface area contributed by atoms with E-state index in [1.54, 1.807) is 25.9 Å². The molecule has 0 aliphatic carbocycles. The number of carbonyl (C=O) groups is 2. The number of amides is 2. The van der Waals surface area contributed by atoms with Crippen LogP contribution in [0.2, 0.25) is 0 Å². The van der Waals surface area contributed by atoms with E-state index in [2.05, 4.69) is 15.4 Å². The third kappa shape index (κ3) is 4.12. The number of ether oxygens (including phenoxy) is 1. The molecule has 2 amide bonds. The van der Waals surface area contributed by atoms with Gasteiger partial charge in [-0.15, -0.1) is 5.10 Å². The van der Waals surface area contributed by atoms with Crippen LogP contribution in [-0.2, 0) is 23.1 Å². The Morgan fingerprint density at radius 2 is 1.92 bits per heavy atom. The summed E-state index contributed by atoms with van der Waals surface area (Å²) in [7, 11) is 6.82. The molecule has 0 spiro atoms. The second kappa shape index (κ2) is 8.16. The SMILES string of the molecule is COc1nn(C)c2nc(C)c(CCC(=O)NCCC(=O)N(C)C)c(C)c12. The smallest absolute Gasteiger partial charge is 0.242 e. The van der Waals surface area contributed by atoms with Crippen LogP contribution in [0.15, 0.2) is 0 Å². The highest BCUT2D eigenvalue weighted by Crippen LogP contribution is 2.30. The lowest BCUT2D eigenvalue weighted by molar-refractivity contribution is -0.128. The molecule has 0 aliphatic rings. The zero-order valence-electron chi connectivity index (χ0n) is 16.3. The van der Waals surface area contributed by atoms with Gasteiger partial charge in [0.15, 0.2) is 5.65 Å². The van der Waals surface area contributed by atoms with Crippen LogP contribution in [-0.4, -0.2) is 59.2 Å². The van der Waals surface area contributed by atoms with Gasteiger partial charge in [-0.3, -0.25) is 9.59 Å². The quantitative estimate of drug-likeness (QED) is 0.798. The van der Waals surface area contributed by atoms with Crippen LogP contribution in [0.1, 0.15) is 29.7 Å². The summed E-state index contributed by atoms with van der Waals surface area (Å²) in [6, 6.07) is 0. The van der Waals surface area contributed by atoms with Crippen molar-refractivity contribution in [2.75, 3.05) is 27.7 Å². The third-order valence-electron chi connectivity index (χ3n) is 4.48. The lowest BCUT2D eigenvalue weighted by atomic mass is 10.00. The molecular weight excluding hydrogens is 334 g/mol. The predicted molar refractivity (Wildman–Crippen MR) is 99.2 cm³/mol. The first-order chi connectivity index (χ1) is 12.3. The predicted octanol–water partition coefficient (Wildman–Crippen LogP) is 1.12. The average Bonchev–Trinajstić information content (AvgIpc) is 2.90. The Morgan fingerprint density at radius 3 is 2.54 bits per heavy atom. The first kappa shape index (κ1) is 19.7. The Kier molecular flexibility index (Phi) is 6.18. The molecule has 0 atom stereocenters. The van der Waals surface area contributed by atoms with Gasteiger partial charge < -0.3 is 15.0 Å². The number of pyridine rings is 1. The second-order valence-electron chi connectivity index (χ2n) is 6.52. The minimum Gasteiger partial charge on any atom is -0.479 e. The molecule has 0 fully saturated rings. The molecule has 2 aromatic heterocycles. The number of nitrogens with zero attached hydrogens (tertiary/aromatic N) is 4. The molecule has 142 valence electrons. The minimum atomic E-state index is -0.0754. The van der Waals surface area contributed by atoms with Gasteiger partial charge in [-0.25, -0.2) is 9.67 Å². The lowest BCUT2D eigenvalue weighted by Crippen LogP contribution is -2.30. The van der Waals surface area contributed by atoms with Crippen molar-refractivity contribution in [1.29, 1.82) is 0 Å². The largest absolute Gasteiger partial charge is 0.479 e. The molecule has 2 aromatic rings. The summed E-state index contributed by atoms with van der Waals surface area (Å²) in [4.78, 5) is 29.8. The van der Waals surface area contributed by atoms with Crippen molar-refractivity contribution in [1.82, 2.24) is 25.0 Å². The van der Waals surface area contributed by atoms with Gasteiger partial charge in [0, 0.05) is 46.2 Å². The van der Waals surface area contributed by atoms with Gasteiger partial charge in [0.05, 0.1) is 12.5 Å². The van der Waals surface area contributed by atoms with E-state index in [0.717, 1.165) is 27.9 Å². The molecule has 0 aliphatic heterocycles. The monoisotopic (exact) mass is 361 g/mol. The molecule has 2 heterocycles. The number of carbonyl (C=O) groups excluding carboxylic acids is 2. The summed E-state index contributed by atoms with van der Waals surface area (Å²) < 4.78 is 7.06. The van der Waals surface area contributed by atoms with E-state index in [4.69, 9.17) is 4.74 Å². The molecule has 0 unspecified atom stereocenters. The normalized spacial score (nSPS) is 10.8. The van der Waals surface area contributed by atoms with Gasteiger partial charge in [-0.1, -0.05) is 0 Å². The van der Waals surface area contributed by atoms with Gasteiger partial charge >= 0.3 is 0 Å². The standard InChI is InChI=1S/C18H27N5O3/c1-11-13(7-8-14(24)19-10-9-15(25)22(3)4)12(2)20-17-16(11)18(26-6)21-23(17)5/h7-10H2,1-6H3,(H,19,24). The summed E-state index contributed by atoms with van der Waals surface area (Å²) in [5, 5.41) is 8.01. The van der Waals surface area contributed by atoms with Crippen LogP contribution in [0, 0.1) is 13.8 Å². The molecule has 1 N–H and O–H groups in total. The molecule has 0 saturated carbocycles. The van der Waals surface area contributed by atoms with Gasteiger partial charge in [0.1, 0.15) is 0 Å². The molecule has 2 rings (SSSR count). The number of methoxy groups -OCH3 is 1. The molecular formula is C18H27N5O3. The van der Waals surface area contributed by atoms with E-state index in [9.17, 15) is 9.59 Å². The first-order valence-electron chi connectivity index (χ1n) is 8.59. The molecule has 0 saturated heterocycles. The highest BCUT2D eigenvalue weighted by atomic mass is 16.5. The van der Waals surface area contributed by atoms with Crippen molar-refractivity contribution < 1.29 is 14.3 Å². The average molecular weight is 361 g/mol. The van der Waals surface area contributed by atoms with Crippen LogP contribution < -0.4 is 10.1 Å². The maximum Gasteiger partial charge on any atom is 0.242 e. The Balaban J connectivity index is 2.06. The summed E-state index contributed by atoms with van der Waals surface area (Å²) in [5.74, 6) is 0.462. The minimum absolute atomic E-state index is 0.00434. The topological polar surface area (TPSA) is 89.3 Å². The molecule has 8 heteroatoms. The molecule has 0 bridgehead atoms. The number of nitrogens with one attached hydrogen (secondary N) is 1. The number of rotatable bonds is 7. The number of hydrogen-bond donors (Lipinski definition) is 1. The number of hydrogen-bond acceptors (Lipinski definition) is 5. The summed E-state index contributed by atoms with van der Waals surface area (Å²) in [5.41, 5.74) is 3.72. The fourth-order valence-corrected chi connectivity index (χ4v) is 2.97. The van der Waals surface area contributed by atoms with Crippen LogP contribution in [0.3, 0.4) is 0 Å². The van der Waals surface area contributed by atoms with Crippen LogP contribution >= 0.6 is 0 Å². The highest BCUT2D eigenvalue weighted by Gasteiger charge is 2.18. The Labute approximate surface area is 153 Å². The Bertz CT molecular complexity index is 826. The van der Waals surface area contributed by atoms with Crippen molar-refractivity contribution in [3.05, 3.63) is 16.8 Å². The number of aromatic nitrogens is 3. The lowest BCUT2D eigenvalue weighted by Gasteiger charge is -2.12. The van der Waals surface area contributed by atoms with E-state index in [-0.39, 0.29) is 11.8 Å². The summed E-state index contributed by atoms with van der Waals surface area (Å²) >= 11 is 0. The highest BCUT2D eigenvalue weighted by molar-refractivity contribution is 5.86. The van der Waals surface area contributed by atoms with Crippen molar-refractivity contribution in [3.63, 3.8) is 0 Å². The first-order valence-corrected chi connectivity index (χ1v) is 8.59. The van der Waals surface area contributed by atoms with Gasteiger partial charge in [-0.05, 0) is 31.4 Å². The third-order valence-corrected chi connectivity index (χ3v) is 4.48. The van der Waals surface area contributed by atoms with Gasteiger partial charge in [0.25, 0.3) is 0 Å². The number of fused-ring (bicyclic) bond motifs is 1. The number of aryl methyl sites for hydroxylation is 3. The van der Waals surface area contributed by atoms with E-state index in [1.807, 2.05) is 20.9 Å². The van der Waals surface area contributed by atoms with Crippen molar-refractivity contribution in [2.24, 2.45) is 7.05 Å². The second-order valence-corrected chi connectivity index (χ2v) is 6.52. The zero-order valence-corrected chi connectivity index (χ0v) is 16.3. The van der Waals surface area contributed by atoms with Gasteiger partial charge in [0.2, 0.25) is 17.7 Å². The van der Waals surface area contributed by atoms with E-state index in [1.165, 1.54) is 4.90 Å². The maximum atomic E-state index is 12.1. The van der Waals surface area contributed by atoms with Crippen LogP contribution in [0.25, 0.3) is 11.0 Å². The molecule has 26 heavy (non-hydrogen) atoms. The summed E-state index contributed by atoms with van der Waals surface area (Å²) in [6.45, 7) is 4.29.